The van der Waals surface area contributed by atoms with Crippen LogP contribution >= 0.6 is 0 Å². The Morgan fingerprint density at radius 1 is 1.44 bits per heavy atom. The van der Waals surface area contributed by atoms with Gasteiger partial charge in [0.25, 0.3) is 5.91 Å². The maximum atomic E-state index is 11.8. The van der Waals surface area contributed by atoms with E-state index in [2.05, 4.69) is 15.3 Å². The fourth-order valence-corrected chi connectivity index (χ4v) is 1.83. The van der Waals surface area contributed by atoms with Gasteiger partial charge >= 0.3 is 0 Å². The molecule has 0 atom stereocenters. The molecule has 0 aliphatic rings. The van der Waals surface area contributed by atoms with Gasteiger partial charge in [-0.15, -0.1) is 0 Å². The van der Waals surface area contributed by atoms with Gasteiger partial charge in [0, 0.05) is 25.0 Å². The van der Waals surface area contributed by atoms with Crippen molar-refractivity contribution in [2.45, 2.75) is 6.92 Å². The molecule has 94 valence electrons. The average molecular weight is 245 g/mol. The number of aromatic amines is 1. The predicted octanol–water partition coefficient (Wildman–Crippen LogP) is 1.75. The number of imidazole rings is 1. The summed E-state index contributed by atoms with van der Waals surface area (Å²) in [5.74, 6) is 1.11. The molecular weight excluding hydrogens is 230 g/mol. The molecule has 5 nitrogen and oxygen atoms in total. The molecular formula is C13H15N3O2. The van der Waals surface area contributed by atoms with Gasteiger partial charge in [-0.1, -0.05) is 0 Å². The molecule has 0 fully saturated rings. The lowest BCUT2D eigenvalue weighted by Gasteiger charge is -2.11. The normalized spacial score (nSPS) is 10.2. The second kappa shape index (κ2) is 4.91. The molecule has 1 heterocycles. The summed E-state index contributed by atoms with van der Waals surface area (Å²) in [5, 5.41) is 2.60. The number of hydrogen-bond acceptors (Lipinski definition) is 3. The lowest BCUT2D eigenvalue weighted by Crippen LogP contribution is -2.19. The van der Waals surface area contributed by atoms with Crippen molar-refractivity contribution in [3.05, 3.63) is 35.7 Å². The van der Waals surface area contributed by atoms with Gasteiger partial charge in [0.15, 0.2) is 0 Å². The van der Waals surface area contributed by atoms with E-state index in [-0.39, 0.29) is 5.91 Å². The summed E-state index contributed by atoms with van der Waals surface area (Å²) in [7, 11) is 3.14. The highest BCUT2D eigenvalue weighted by atomic mass is 16.5. The number of carbonyl (C=O) groups excluding carboxylic acids is 1. The third-order valence-electron chi connectivity index (χ3n) is 2.77. The van der Waals surface area contributed by atoms with Gasteiger partial charge in [-0.25, -0.2) is 4.98 Å². The Labute approximate surface area is 105 Å². The van der Waals surface area contributed by atoms with Crippen molar-refractivity contribution in [1.29, 1.82) is 0 Å². The van der Waals surface area contributed by atoms with Gasteiger partial charge in [0.05, 0.1) is 12.7 Å². The van der Waals surface area contributed by atoms with Crippen LogP contribution in [0.2, 0.25) is 0 Å². The molecule has 2 aromatic rings. The molecule has 0 saturated carbocycles. The number of nitrogens with one attached hydrogen (secondary N) is 2. The Bertz CT molecular complexity index is 562. The maximum Gasteiger partial charge on any atom is 0.254 e. The van der Waals surface area contributed by atoms with Gasteiger partial charge in [-0.05, 0) is 24.6 Å². The summed E-state index contributed by atoms with van der Waals surface area (Å²) in [6, 6.07) is 3.62. The van der Waals surface area contributed by atoms with Gasteiger partial charge in [-0.2, -0.15) is 0 Å². The number of nitrogens with zero attached hydrogens (tertiary/aromatic N) is 1. The molecule has 2 rings (SSSR count). The predicted molar refractivity (Wildman–Crippen MR) is 68.7 cm³/mol. The van der Waals surface area contributed by atoms with Crippen LogP contribution in [0.4, 0.5) is 0 Å². The SMILES string of the molecule is CNC(=O)c1cc(-c2ncc[nH]2)c(C)cc1OC. The topological polar surface area (TPSA) is 67.0 Å². The number of ether oxygens (including phenoxy) is 1. The number of hydrogen-bond donors (Lipinski definition) is 2. The molecule has 0 aliphatic carbocycles. The van der Waals surface area contributed by atoms with Gasteiger partial charge < -0.3 is 15.0 Å². The Morgan fingerprint density at radius 2 is 2.22 bits per heavy atom. The monoisotopic (exact) mass is 245 g/mol. The molecule has 18 heavy (non-hydrogen) atoms. The van der Waals surface area contributed by atoms with E-state index >= 15 is 0 Å². The summed E-state index contributed by atoms with van der Waals surface area (Å²) >= 11 is 0. The van der Waals surface area contributed by atoms with Crippen molar-refractivity contribution in [2.24, 2.45) is 0 Å². The van der Waals surface area contributed by atoms with E-state index in [1.807, 2.05) is 13.0 Å². The molecule has 5 heteroatoms. The van der Waals surface area contributed by atoms with Crippen LogP contribution in [0, 0.1) is 6.92 Å². The van der Waals surface area contributed by atoms with E-state index < -0.39 is 0 Å². The average Bonchev–Trinajstić information content (AvgIpc) is 2.91. The first-order valence-electron chi connectivity index (χ1n) is 5.58. The number of rotatable bonds is 3. The largest absolute Gasteiger partial charge is 0.496 e. The second-order valence-corrected chi connectivity index (χ2v) is 3.88. The van der Waals surface area contributed by atoms with Gasteiger partial charge in [-0.3, -0.25) is 4.79 Å². The highest BCUT2D eigenvalue weighted by Gasteiger charge is 2.15. The molecule has 1 amide bonds. The van der Waals surface area contributed by atoms with Crippen molar-refractivity contribution in [2.75, 3.05) is 14.2 Å². The maximum absolute atomic E-state index is 11.8. The van der Waals surface area contributed by atoms with Crippen molar-refractivity contribution in [1.82, 2.24) is 15.3 Å². The number of aryl methyl sites for hydroxylation is 1. The number of amides is 1. The van der Waals surface area contributed by atoms with Crippen LogP contribution < -0.4 is 10.1 Å². The molecule has 0 aliphatic heterocycles. The van der Waals surface area contributed by atoms with Crippen molar-refractivity contribution in [3.8, 4) is 17.1 Å². The minimum atomic E-state index is -0.181. The highest BCUT2D eigenvalue weighted by Crippen LogP contribution is 2.28. The molecule has 0 bridgehead atoms. The smallest absolute Gasteiger partial charge is 0.254 e. The van der Waals surface area contributed by atoms with Gasteiger partial charge in [0.2, 0.25) is 0 Å². The Balaban J connectivity index is 2.59. The van der Waals surface area contributed by atoms with Crippen LogP contribution in [0.3, 0.4) is 0 Å². The first-order valence-corrected chi connectivity index (χ1v) is 5.58. The van der Waals surface area contributed by atoms with E-state index in [4.69, 9.17) is 4.74 Å². The standard InChI is InChI=1S/C13H15N3O2/c1-8-6-11(18-3)10(13(17)14-2)7-9(8)12-15-4-5-16-12/h4-7H,1-3H3,(H,14,17)(H,15,16). The summed E-state index contributed by atoms with van der Waals surface area (Å²) < 4.78 is 5.23. The molecule has 1 aromatic carbocycles. The lowest BCUT2D eigenvalue weighted by molar-refractivity contribution is 0.0960. The van der Waals surface area contributed by atoms with E-state index in [0.29, 0.717) is 11.3 Å². The van der Waals surface area contributed by atoms with Crippen molar-refractivity contribution >= 4 is 5.91 Å². The van der Waals surface area contributed by atoms with E-state index in [9.17, 15) is 4.79 Å². The van der Waals surface area contributed by atoms with Crippen LogP contribution in [0.5, 0.6) is 5.75 Å². The van der Waals surface area contributed by atoms with E-state index in [1.54, 1.807) is 32.6 Å². The zero-order valence-electron chi connectivity index (χ0n) is 10.6. The highest BCUT2D eigenvalue weighted by molar-refractivity contribution is 5.98. The minimum absolute atomic E-state index is 0.181. The Hall–Kier alpha value is -2.30. The third kappa shape index (κ3) is 2.07. The number of carbonyl (C=O) groups is 1. The third-order valence-corrected chi connectivity index (χ3v) is 2.77. The van der Waals surface area contributed by atoms with E-state index in [1.165, 1.54) is 0 Å². The fraction of sp³-hybridized carbons (Fsp3) is 0.231. The zero-order valence-corrected chi connectivity index (χ0v) is 10.6. The van der Waals surface area contributed by atoms with Crippen LogP contribution in [0.25, 0.3) is 11.4 Å². The first-order chi connectivity index (χ1) is 8.67. The van der Waals surface area contributed by atoms with Gasteiger partial charge in [0.1, 0.15) is 11.6 Å². The van der Waals surface area contributed by atoms with Crippen LogP contribution in [0.1, 0.15) is 15.9 Å². The molecule has 0 radical (unpaired) electrons. The molecule has 0 spiro atoms. The lowest BCUT2D eigenvalue weighted by atomic mass is 10.0. The second-order valence-electron chi connectivity index (χ2n) is 3.88. The zero-order chi connectivity index (χ0) is 13.1. The Kier molecular flexibility index (Phi) is 3.32. The fourth-order valence-electron chi connectivity index (χ4n) is 1.83. The summed E-state index contributed by atoms with van der Waals surface area (Å²) in [6.45, 7) is 1.95. The number of aromatic nitrogens is 2. The molecule has 1 aromatic heterocycles. The van der Waals surface area contributed by atoms with Crippen LogP contribution in [-0.4, -0.2) is 30.0 Å². The van der Waals surface area contributed by atoms with Crippen LogP contribution in [0.15, 0.2) is 24.5 Å². The summed E-state index contributed by atoms with van der Waals surface area (Å²) in [6.07, 6.45) is 3.43. The Morgan fingerprint density at radius 3 is 2.78 bits per heavy atom. The summed E-state index contributed by atoms with van der Waals surface area (Å²) in [4.78, 5) is 19.0. The minimum Gasteiger partial charge on any atom is -0.496 e. The summed E-state index contributed by atoms with van der Waals surface area (Å²) in [5.41, 5.74) is 2.38. The molecule has 0 saturated heterocycles. The number of benzene rings is 1. The quantitative estimate of drug-likeness (QED) is 0.865. The number of methoxy groups -OCH3 is 1. The first kappa shape index (κ1) is 12.2. The van der Waals surface area contributed by atoms with E-state index in [0.717, 1.165) is 17.0 Å². The van der Waals surface area contributed by atoms with Crippen molar-refractivity contribution in [3.63, 3.8) is 0 Å². The van der Waals surface area contributed by atoms with Crippen molar-refractivity contribution < 1.29 is 9.53 Å². The molecule has 0 unspecified atom stereocenters. The molecule has 2 N–H and O–H groups in total. The van der Waals surface area contributed by atoms with Crippen LogP contribution in [-0.2, 0) is 0 Å². The number of H-pyrrole nitrogens is 1.